The Morgan fingerprint density at radius 2 is 1.96 bits per heavy atom. The highest BCUT2D eigenvalue weighted by Crippen LogP contribution is 2.26. The van der Waals surface area contributed by atoms with E-state index in [9.17, 15) is 4.79 Å². The number of amides is 1. The van der Waals surface area contributed by atoms with Gasteiger partial charge in [0.1, 0.15) is 17.0 Å². The second-order valence-corrected chi connectivity index (χ2v) is 6.19. The zero-order valence-corrected chi connectivity index (χ0v) is 13.9. The van der Waals surface area contributed by atoms with Crippen molar-refractivity contribution >= 4 is 28.8 Å². The number of nitrogens with zero attached hydrogens (tertiary/aromatic N) is 1. The van der Waals surface area contributed by atoms with E-state index in [1.54, 1.807) is 30.5 Å². The standard InChI is InChI=1S/C18H14N2O4S/c21-17(19-10-12-4-3-9-22-12)16-8-7-13(23-16)11-25-18-20-14-5-1-2-6-15(14)24-18/h1-9H,10-11H2,(H,19,21). The van der Waals surface area contributed by atoms with Crippen molar-refractivity contribution in [3.63, 3.8) is 0 Å². The van der Waals surface area contributed by atoms with Crippen LogP contribution in [0.15, 0.2) is 73.3 Å². The minimum atomic E-state index is -0.283. The number of thioether (sulfide) groups is 1. The van der Waals surface area contributed by atoms with Crippen molar-refractivity contribution in [1.82, 2.24) is 10.3 Å². The van der Waals surface area contributed by atoms with E-state index in [4.69, 9.17) is 13.3 Å². The molecule has 126 valence electrons. The van der Waals surface area contributed by atoms with Gasteiger partial charge in [0.05, 0.1) is 18.6 Å². The molecule has 3 heterocycles. The van der Waals surface area contributed by atoms with Crippen LogP contribution in [0.25, 0.3) is 11.1 Å². The number of hydrogen-bond acceptors (Lipinski definition) is 6. The van der Waals surface area contributed by atoms with Crippen LogP contribution in [0.3, 0.4) is 0 Å². The van der Waals surface area contributed by atoms with Crippen LogP contribution in [0.5, 0.6) is 0 Å². The zero-order chi connectivity index (χ0) is 17.1. The van der Waals surface area contributed by atoms with Crippen molar-refractivity contribution in [1.29, 1.82) is 0 Å². The molecule has 0 radical (unpaired) electrons. The van der Waals surface area contributed by atoms with Crippen LogP contribution in [0.2, 0.25) is 0 Å². The van der Waals surface area contributed by atoms with Gasteiger partial charge in [-0.2, -0.15) is 0 Å². The van der Waals surface area contributed by atoms with Crippen LogP contribution >= 0.6 is 11.8 Å². The maximum Gasteiger partial charge on any atom is 0.287 e. The third-order valence-electron chi connectivity index (χ3n) is 3.50. The SMILES string of the molecule is O=C(NCc1ccco1)c1ccc(CSc2nc3ccccc3o2)o1. The van der Waals surface area contributed by atoms with Crippen molar-refractivity contribution in [2.75, 3.05) is 0 Å². The molecule has 0 aliphatic carbocycles. The molecule has 0 fully saturated rings. The summed E-state index contributed by atoms with van der Waals surface area (Å²) in [7, 11) is 0. The number of hydrogen-bond donors (Lipinski definition) is 1. The Hall–Kier alpha value is -2.93. The second-order valence-electron chi connectivity index (χ2n) is 5.26. The number of aromatic nitrogens is 1. The lowest BCUT2D eigenvalue weighted by Gasteiger charge is -2.00. The molecule has 0 aliphatic rings. The van der Waals surface area contributed by atoms with Crippen molar-refractivity contribution in [2.24, 2.45) is 0 Å². The Bertz CT molecular complexity index is 955. The fourth-order valence-corrected chi connectivity index (χ4v) is 3.02. The van der Waals surface area contributed by atoms with E-state index in [1.165, 1.54) is 11.8 Å². The highest BCUT2D eigenvalue weighted by molar-refractivity contribution is 7.98. The van der Waals surface area contributed by atoms with Crippen molar-refractivity contribution in [3.05, 3.63) is 72.1 Å². The maximum absolute atomic E-state index is 12.1. The first-order chi connectivity index (χ1) is 12.3. The van der Waals surface area contributed by atoms with E-state index in [2.05, 4.69) is 10.3 Å². The first kappa shape index (κ1) is 15.6. The molecule has 0 atom stereocenters. The molecule has 0 unspecified atom stereocenters. The van der Waals surface area contributed by atoms with Crippen LogP contribution in [0.4, 0.5) is 0 Å². The van der Waals surface area contributed by atoms with Crippen molar-refractivity contribution in [3.8, 4) is 0 Å². The number of carbonyl (C=O) groups excluding carboxylic acids is 1. The normalized spacial score (nSPS) is 11.0. The highest BCUT2D eigenvalue weighted by Gasteiger charge is 2.13. The summed E-state index contributed by atoms with van der Waals surface area (Å²) >= 11 is 1.42. The van der Waals surface area contributed by atoms with Gasteiger partial charge in [0, 0.05) is 0 Å². The average Bonchev–Trinajstić information content (AvgIpc) is 3.37. The quantitative estimate of drug-likeness (QED) is 0.522. The van der Waals surface area contributed by atoms with Gasteiger partial charge in [-0.05, 0) is 36.4 Å². The number of furan rings is 2. The van der Waals surface area contributed by atoms with E-state index in [0.717, 1.165) is 11.1 Å². The third kappa shape index (κ3) is 3.61. The lowest BCUT2D eigenvalue weighted by molar-refractivity contribution is 0.0919. The molecule has 1 N–H and O–H groups in total. The first-order valence-electron chi connectivity index (χ1n) is 7.65. The molecule has 0 aliphatic heterocycles. The van der Waals surface area contributed by atoms with Gasteiger partial charge < -0.3 is 18.6 Å². The Balaban J connectivity index is 1.35. The maximum atomic E-state index is 12.1. The summed E-state index contributed by atoms with van der Waals surface area (Å²) in [5, 5.41) is 3.31. The third-order valence-corrected chi connectivity index (χ3v) is 4.35. The smallest absolute Gasteiger partial charge is 0.287 e. The van der Waals surface area contributed by atoms with E-state index >= 15 is 0 Å². The van der Waals surface area contributed by atoms with Gasteiger partial charge >= 0.3 is 0 Å². The zero-order valence-electron chi connectivity index (χ0n) is 13.1. The first-order valence-corrected chi connectivity index (χ1v) is 8.64. The highest BCUT2D eigenvalue weighted by atomic mass is 32.2. The van der Waals surface area contributed by atoms with E-state index < -0.39 is 0 Å². The predicted octanol–water partition coefficient (Wildman–Crippen LogP) is 4.24. The molecule has 0 bridgehead atoms. The van der Waals surface area contributed by atoms with E-state index in [1.807, 2.05) is 24.3 Å². The molecule has 0 spiro atoms. The number of benzene rings is 1. The number of para-hydroxylation sites is 2. The lowest BCUT2D eigenvalue weighted by atomic mass is 10.3. The molecule has 4 aromatic rings. The Labute approximate surface area is 147 Å². The number of fused-ring (bicyclic) bond motifs is 1. The Kier molecular flexibility index (Phi) is 4.30. The molecule has 4 rings (SSSR count). The number of rotatable bonds is 6. The van der Waals surface area contributed by atoms with Crippen molar-refractivity contribution < 1.29 is 18.0 Å². The van der Waals surface area contributed by atoms with Crippen LogP contribution in [-0.4, -0.2) is 10.9 Å². The summed E-state index contributed by atoms with van der Waals surface area (Å²) in [4.78, 5) is 16.5. The topological polar surface area (TPSA) is 81.4 Å². The average molecular weight is 354 g/mol. The van der Waals surface area contributed by atoms with Gasteiger partial charge in [-0.3, -0.25) is 4.79 Å². The van der Waals surface area contributed by atoms with Gasteiger partial charge in [0.2, 0.25) is 0 Å². The number of carbonyl (C=O) groups is 1. The summed E-state index contributed by atoms with van der Waals surface area (Å²) < 4.78 is 16.4. The minimum Gasteiger partial charge on any atom is -0.467 e. The molecule has 0 saturated carbocycles. The summed E-state index contributed by atoms with van der Waals surface area (Å²) in [5.74, 6) is 1.87. The summed E-state index contributed by atoms with van der Waals surface area (Å²) in [6.07, 6.45) is 1.57. The summed E-state index contributed by atoms with van der Waals surface area (Å²) in [5.41, 5.74) is 1.57. The van der Waals surface area contributed by atoms with Gasteiger partial charge in [-0.15, -0.1) is 0 Å². The van der Waals surface area contributed by atoms with Crippen LogP contribution in [0, 0.1) is 0 Å². The monoisotopic (exact) mass is 354 g/mol. The molecular weight excluding hydrogens is 340 g/mol. The lowest BCUT2D eigenvalue weighted by Crippen LogP contribution is -2.21. The summed E-state index contributed by atoms with van der Waals surface area (Å²) in [6, 6.07) is 14.6. The van der Waals surface area contributed by atoms with E-state index in [-0.39, 0.29) is 11.7 Å². The molecule has 1 amide bonds. The molecule has 25 heavy (non-hydrogen) atoms. The van der Waals surface area contributed by atoms with Crippen molar-refractivity contribution in [2.45, 2.75) is 17.5 Å². The van der Waals surface area contributed by atoms with Gasteiger partial charge in [0.25, 0.3) is 11.1 Å². The van der Waals surface area contributed by atoms with Crippen LogP contribution < -0.4 is 5.32 Å². The molecule has 7 heteroatoms. The fraction of sp³-hybridized carbons (Fsp3) is 0.111. The second kappa shape index (κ2) is 6.90. The van der Waals surface area contributed by atoms with E-state index in [0.29, 0.717) is 29.0 Å². The van der Waals surface area contributed by atoms with Gasteiger partial charge in [-0.25, -0.2) is 4.98 Å². The molecule has 6 nitrogen and oxygen atoms in total. The van der Waals surface area contributed by atoms with Crippen LogP contribution in [0.1, 0.15) is 22.1 Å². The molecule has 1 aromatic carbocycles. The fourth-order valence-electron chi connectivity index (χ4n) is 2.29. The molecular formula is C18H14N2O4S. The largest absolute Gasteiger partial charge is 0.467 e. The predicted molar refractivity (Wildman–Crippen MR) is 92.2 cm³/mol. The number of nitrogens with one attached hydrogen (secondary N) is 1. The molecule has 3 aromatic heterocycles. The molecule has 0 saturated heterocycles. The Morgan fingerprint density at radius 1 is 1.04 bits per heavy atom. The van der Waals surface area contributed by atoms with Crippen LogP contribution in [-0.2, 0) is 12.3 Å². The minimum absolute atomic E-state index is 0.264. The number of oxazole rings is 1. The Morgan fingerprint density at radius 3 is 2.80 bits per heavy atom. The van der Waals surface area contributed by atoms with Gasteiger partial charge in [-0.1, -0.05) is 23.9 Å². The summed E-state index contributed by atoms with van der Waals surface area (Å²) in [6.45, 7) is 0.319. The van der Waals surface area contributed by atoms with Gasteiger partial charge in [0.15, 0.2) is 11.3 Å².